The molecule has 0 unspecified atom stereocenters. The van der Waals surface area contributed by atoms with Gasteiger partial charge in [0, 0.05) is 11.6 Å². The highest BCUT2D eigenvalue weighted by molar-refractivity contribution is 7.87. The van der Waals surface area contributed by atoms with Gasteiger partial charge in [-0.1, -0.05) is 54.1 Å². The first kappa shape index (κ1) is 27.4. The van der Waals surface area contributed by atoms with Gasteiger partial charge in [-0.05, 0) is 61.5 Å². The maximum absolute atomic E-state index is 13.7. The second kappa shape index (κ2) is 11.1. The number of rotatable bonds is 7. The van der Waals surface area contributed by atoms with Gasteiger partial charge >= 0.3 is 16.1 Å². The van der Waals surface area contributed by atoms with Crippen molar-refractivity contribution in [1.29, 1.82) is 0 Å². The van der Waals surface area contributed by atoms with E-state index in [1.165, 1.54) is 43.5 Å². The predicted octanol–water partition coefficient (Wildman–Crippen LogP) is 5.35. The van der Waals surface area contributed by atoms with Crippen LogP contribution < -0.4 is 18.7 Å². The van der Waals surface area contributed by atoms with Gasteiger partial charge in [-0.15, -0.1) is 0 Å². The lowest BCUT2D eigenvalue weighted by Gasteiger charge is -2.34. The standard InChI is InChI=1S/C31H24N2O7S/c1-21-13-17-26(18-14-21)41(37,38)40-28-20-25(39-2)16-15-22(28)19-27-29(34)32(23-9-5-3-6-10-23)31(36)33(30(27)35)24-11-7-4-8-12-24/h3-20H,1-2H3. The van der Waals surface area contributed by atoms with Crippen LogP contribution in [0.5, 0.6) is 11.5 Å². The molecule has 0 N–H and O–H groups in total. The van der Waals surface area contributed by atoms with E-state index < -0.39 is 28.0 Å². The summed E-state index contributed by atoms with van der Waals surface area (Å²) >= 11 is 0. The van der Waals surface area contributed by atoms with Crippen LogP contribution in [0, 0.1) is 6.92 Å². The Morgan fingerprint density at radius 2 is 1.24 bits per heavy atom. The number of barbiturate groups is 1. The van der Waals surface area contributed by atoms with Crippen LogP contribution in [0.15, 0.2) is 114 Å². The fourth-order valence-corrected chi connectivity index (χ4v) is 5.15. The van der Waals surface area contributed by atoms with Gasteiger partial charge in [-0.25, -0.2) is 14.6 Å². The van der Waals surface area contributed by atoms with Gasteiger partial charge < -0.3 is 8.92 Å². The highest BCUT2D eigenvalue weighted by atomic mass is 32.2. The van der Waals surface area contributed by atoms with Crippen molar-refractivity contribution in [2.24, 2.45) is 0 Å². The quantitative estimate of drug-likeness (QED) is 0.168. The maximum Gasteiger partial charge on any atom is 0.343 e. The van der Waals surface area contributed by atoms with Crippen LogP contribution >= 0.6 is 0 Å². The van der Waals surface area contributed by atoms with Crippen molar-refractivity contribution < 1.29 is 31.7 Å². The molecule has 4 aromatic carbocycles. The van der Waals surface area contributed by atoms with E-state index in [2.05, 4.69) is 0 Å². The molecule has 206 valence electrons. The van der Waals surface area contributed by atoms with Crippen molar-refractivity contribution in [3.63, 3.8) is 0 Å². The largest absolute Gasteiger partial charge is 0.497 e. The third kappa shape index (κ3) is 5.45. The number of para-hydroxylation sites is 2. The van der Waals surface area contributed by atoms with Crippen molar-refractivity contribution in [3.05, 3.63) is 120 Å². The molecule has 1 aliphatic heterocycles. The normalized spacial score (nSPS) is 13.8. The van der Waals surface area contributed by atoms with E-state index >= 15 is 0 Å². The summed E-state index contributed by atoms with van der Waals surface area (Å²) in [4.78, 5) is 42.7. The van der Waals surface area contributed by atoms with Gasteiger partial charge in [0.1, 0.15) is 16.2 Å². The first-order valence-electron chi connectivity index (χ1n) is 12.4. The number of benzene rings is 4. The first-order chi connectivity index (χ1) is 19.7. The summed E-state index contributed by atoms with van der Waals surface area (Å²) in [6.45, 7) is 1.82. The van der Waals surface area contributed by atoms with Gasteiger partial charge in [-0.2, -0.15) is 8.42 Å². The lowest BCUT2D eigenvalue weighted by Crippen LogP contribution is -2.57. The summed E-state index contributed by atoms with van der Waals surface area (Å²) in [5.41, 5.74) is 1.11. The molecule has 1 heterocycles. The third-order valence-electron chi connectivity index (χ3n) is 6.31. The molecule has 0 spiro atoms. The Hall–Kier alpha value is -5.22. The zero-order valence-electron chi connectivity index (χ0n) is 22.1. The fourth-order valence-electron chi connectivity index (χ4n) is 4.20. The zero-order valence-corrected chi connectivity index (χ0v) is 22.9. The molecule has 10 heteroatoms. The molecular weight excluding hydrogens is 544 g/mol. The lowest BCUT2D eigenvalue weighted by molar-refractivity contribution is -0.121. The molecule has 1 aliphatic rings. The number of anilines is 2. The van der Waals surface area contributed by atoms with E-state index in [4.69, 9.17) is 8.92 Å². The van der Waals surface area contributed by atoms with Gasteiger partial charge in [0.05, 0.1) is 18.5 Å². The van der Waals surface area contributed by atoms with Crippen molar-refractivity contribution in [1.82, 2.24) is 0 Å². The maximum atomic E-state index is 13.7. The minimum Gasteiger partial charge on any atom is -0.497 e. The molecule has 4 amide bonds. The Labute approximate surface area is 237 Å². The number of imide groups is 2. The zero-order chi connectivity index (χ0) is 29.1. The molecule has 0 atom stereocenters. The summed E-state index contributed by atoms with van der Waals surface area (Å²) in [6, 6.07) is 26.0. The molecule has 5 rings (SSSR count). The van der Waals surface area contributed by atoms with Crippen molar-refractivity contribution >= 4 is 45.4 Å². The molecule has 1 saturated heterocycles. The Balaban J connectivity index is 1.64. The number of aryl methyl sites for hydroxylation is 1. The third-order valence-corrected chi connectivity index (χ3v) is 7.56. The number of hydrogen-bond acceptors (Lipinski definition) is 7. The Morgan fingerprint density at radius 1 is 0.707 bits per heavy atom. The lowest BCUT2D eigenvalue weighted by atomic mass is 10.0. The smallest absolute Gasteiger partial charge is 0.343 e. The van der Waals surface area contributed by atoms with E-state index in [9.17, 15) is 22.8 Å². The van der Waals surface area contributed by atoms with Gasteiger partial charge in [0.15, 0.2) is 5.75 Å². The van der Waals surface area contributed by atoms with Crippen LogP contribution in [-0.4, -0.2) is 33.4 Å². The van der Waals surface area contributed by atoms with Crippen LogP contribution in [-0.2, 0) is 19.7 Å². The molecule has 0 radical (unpaired) electrons. The van der Waals surface area contributed by atoms with Gasteiger partial charge in [-0.3, -0.25) is 9.59 Å². The molecule has 9 nitrogen and oxygen atoms in total. The molecular formula is C31H24N2O7S. The molecule has 4 aromatic rings. The molecule has 0 saturated carbocycles. The summed E-state index contributed by atoms with van der Waals surface area (Å²) < 4.78 is 37.0. The number of nitrogens with zero attached hydrogens (tertiary/aromatic N) is 2. The van der Waals surface area contributed by atoms with Crippen LogP contribution in [0.25, 0.3) is 6.08 Å². The molecule has 0 aliphatic carbocycles. The van der Waals surface area contributed by atoms with Crippen molar-refractivity contribution in [3.8, 4) is 11.5 Å². The summed E-state index contributed by atoms with van der Waals surface area (Å²) in [5, 5.41) is 0. The van der Waals surface area contributed by atoms with E-state index in [1.54, 1.807) is 72.8 Å². The molecule has 41 heavy (non-hydrogen) atoms. The Morgan fingerprint density at radius 3 is 1.76 bits per heavy atom. The Bertz CT molecular complexity index is 1710. The van der Waals surface area contributed by atoms with Crippen LogP contribution in [0.3, 0.4) is 0 Å². The SMILES string of the molecule is COc1ccc(C=C2C(=O)N(c3ccccc3)C(=O)N(c3ccccc3)C2=O)c(OS(=O)(=O)c2ccc(C)cc2)c1. The van der Waals surface area contributed by atoms with Gasteiger partial charge in [0.25, 0.3) is 11.8 Å². The monoisotopic (exact) mass is 568 g/mol. The summed E-state index contributed by atoms with van der Waals surface area (Å²) in [7, 11) is -2.89. The molecule has 1 fully saturated rings. The minimum absolute atomic E-state index is 0.0783. The average molecular weight is 569 g/mol. The minimum atomic E-state index is -4.29. The number of ether oxygens (including phenoxy) is 1. The van der Waals surface area contributed by atoms with Crippen LogP contribution in [0.4, 0.5) is 16.2 Å². The number of carbonyl (C=O) groups excluding carboxylic acids is 3. The van der Waals surface area contributed by atoms with Crippen LogP contribution in [0.1, 0.15) is 11.1 Å². The number of amides is 4. The van der Waals surface area contributed by atoms with Gasteiger partial charge in [0.2, 0.25) is 0 Å². The van der Waals surface area contributed by atoms with Crippen molar-refractivity contribution in [2.45, 2.75) is 11.8 Å². The number of methoxy groups -OCH3 is 1. The van der Waals surface area contributed by atoms with E-state index in [0.29, 0.717) is 0 Å². The van der Waals surface area contributed by atoms with E-state index in [1.807, 2.05) is 6.92 Å². The average Bonchev–Trinajstić information content (AvgIpc) is 2.97. The first-order valence-corrected chi connectivity index (χ1v) is 13.8. The number of hydrogen-bond donors (Lipinski definition) is 0. The number of carbonyl (C=O) groups is 3. The number of urea groups is 1. The highest BCUT2D eigenvalue weighted by Crippen LogP contribution is 2.33. The second-order valence-electron chi connectivity index (χ2n) is 9.05. The molecule has 0 bridgehead atoms. The van der Waals surface area contributed by atoms with Crippen LogP contribution in [0.2, 0.25) is 0 Å². The fraction of sp³-hybridized carbons (Fsp3) is 0.0645. The second-order valence-corrected chi connectivity index (χ2v) is 10.6. The van der Waals surface area contributed by atoms with E-state index in [0.717, 1.165) is 15.4 Å². The Kier molecular flexibility index (Phi) is 7.41. The molecule has 0 aromatic heterocycles. The predicted molar refractivity (Wildman–Crippen MR) is 153 cm³/mol. The highest BCUT2D eigenvalue weighted by Gasteiger charge is 2.43. The summed E-state index contributed by atoms with van der Waals surface area (Å²) in [6.07, 6.45) is 1.21. The summed E-state index contributed by atoms with van der Waals surface area (Å²) in [5.74, 6) is -1.63. The van der Waals surface area contributed by atoms with E-state index in [-0.39, 0.29) is 38.9 Å². The van der Waals surface area contributed by atoms with Crippen molar-refractivity contribution in [2.75, 3.05) is 16.9 Å². The topological polar surface area (TPSA) is 110 Å².